The van der Waals surface area contributed by atoms with Crippen molar-refractivity contribution in [2.24, 2.45) is 11.8 Å². The monoisotopic (exact) mass is 304 g/mol. The molecule has 1 heterocycles. The van der Waals surface area contributed by atoms with Gasteiger partial charge in [-0.15, -0.1) is 0 Å². The van der Waals surface area contributed by atoms with Gasteiger partial charge >= 0.3 is 0 Å². The number of benzene rings is 1. The van der Waals surface area contributed by atoms with Crippen molar-refractivity contribution in [2.45, 2.75) is 46.1 Å². The third-order valence-corrected chi connectivity index (χ3v) is 4.46. The summed E-state index contributed by atoms with van der Waals surface area (Å²) in [4.78, 5) is 14.3. The molecule has 0 saturated carbocycles. The average Bonchev–Trinajstić information content (AvgIpc) is 2.48. The summed E-state index contributed by atoms with van der Waals surface area (Å²) in [5, 5.41) is 12.6. The van der Waals surface area contributed by atoms with Crippen LogP contribution in [0.4, 0.5) is 11.4 Å². The van der Waals surface area contributed by atoms with Gasteiger partial charge in [0.15, 0.2) is 0 Å². The van der Waals surface area contributed by atoms with Crippen molar-refractivity contribution in [1.29, 1.82) is 0 Å². The van der Waals surface area contributed by atoms with E-state index in [9.17, 15) is 9.90 Å². The van der Waals surface area contributed by atoms with E-state index in [4.69, 9.17) is 0 Å². The van der Waals surface area contributed by atoms with Crippen molar-refractivity contribution in [3.8, 4) is 0 Å². The summed E-state index contributed by atoms with van der Waals surface area (Å²) in [5.41, 5.74) is 2.00. The van der Waals surface area contributed by atoms with Crippen LogP contribution in [0.5, 0.6) is 0 Å². The molecule has 1 aliphatic heterocycles. The number of carbonyl (C=O) groups excluding carboxylic acids is 1. The molecule has 1 amide bonds. The Labute approximate surface area is 133 Å². The molecule has 1 aromatic carbocycles. The first-order chi connectivity index (χ1) is 10.5. The minimum absolute atomic E-state index is 0.0922. The van der Waals surface area contributed by atoms with Gasteiger partial charge in [-0.25, -0.2) is 0 Å². The van der Waals surface area contributed by atoms with E-state index < -0.39 is 6.10 Å². The van der Waals surface area contributed by atoms with Crippen LogP contribution in [0.15, 0.2) is 24.3 Å². The van der Waals surface area contributed by atoms with Gasteiger partial charge in [0.1, 0.15) is 0 Å². The van der Waals surface area contributed by atoms with Crippen molar-refractivity contribution in [2.75, 3.05) is 23.3 Å². The first kappa shape index (κ1) is 16.8. The van der Waals surface area contributed by atoms with Crippen molar-refractivity contribution in [3.63, 3.8) is 0 Å². The number of aliphatic hydroxyl groups excluding tert-OH is 1. The first-order valence-corrected chi connectivity index (χ1v) is 8.28. The number of aliphatic hydroxyl groups is 1. The molecule has 1 unspecified atom stereocenters. The Hall–Kier alpha value is -1.55. The number of anilines is 2. The second-order valence-corrected chi connectivity index (χ2v) is 6.78. The summed E-state index contributed by atoms with van der Waals surface area (Å²) in [5.74, 6) is 0.776. The maximum Gasteiger partial charge on any atom is 0.226 e. The quantitative estimate of drug-likeness (QED) is 0.878. The Balaban J connectivity index is 1.88. The number of piperidine rings is 1. The van der Waals surface area contributed by atoms with Crippen LogP contribution < -0.4 is 10.2 Å². The third kappa shape index (κ3) is 4.73. The maximum atomic E-state index is 11.9. The van der Waals surface area contributed by atoms with Gasteiger partial charge in [-0.05, 0) is 48.9 Å². The molecule has 22 heavy (non-hydrogen) atoms. The molecule has 2 rings (SSSR count). The van der Waals surface area contributed by atoms with Crippen LogP contribution in [0.1, 0.15) is 40.0 Å². The molecule has 1 aliphatic rings. The van der Waals surface area contributed by atoms with E-state index in [0.717, 1.165) is 24.7 Å². The minimum atomic E-state index is -0.588. The van der Waals surface area contributed by atoms with E-state index in [1.165, 1.54) is 18.5 Å². The summed E-state index contributed by atoms with van der Waals surface area (Å²) >= 11 is 0. The smallest absolute Gasteiger partial charge is 0.226 e. The van der Waals surface area contributed by atoms with Gasteiger partial charge in [0.05, 0.1) is 12.5 Å². The lowest BCUT2D eigenvalue weighted by molar-refractivity contribution is -0.118. The lowest BCUT2D eigenvalue weighted by Gasteiger charge is -2.32. The zero-order valence-electron chi connectivity index (χ0n) is 13.9. The van der Waals surface area contributed by atoms with E-state index in [0.29, 0.717) is 0 Å². The molecule has 0 aliphatic carbocycles. The van der Waals surface area contributed by atoms with Gasteiger partial charge in [0.25, 0.3) is 0 Å². The Kier molecular flexibility index (Phi) is 5.83. The largest absolute Gasteiger partial charge is 0.392 e. The Bertz CT molecular complexity index is 476. The third-order valence-electron chi connectivity index (χ3n) is 4.46. The normalized spacial score (nSPS) is 17.6. The molecule has 1 fully saturated rings. The molecule has 4 heteroatoms. The Morgan fingerprint density at radius 3 is 2.41 bits per heavy atom. The zero-order chi connectivity index (χ0) is 16.1. The van der Waals surface area contributed by atoms with E-state index in [1.54, 1.807) is 0 Å². The fraction of sp³-hybridized carbons (Fsp3) is 0.611. The Morgan fingerprint density at radius 1 is 1.27 bits per heavy atom. The second kappa shape index (κ2) is 7.63. The van der Waals surface area contributed by atoms with Crippen molar-refractivity contribution in [3.05, 3.63) is 24.3 Å². The number of nitrogens with one attached hydrogen (secondary N) is 1. The fourth-order valence-electron chi connectivity index (χ4n) is 2.66. The molecule has 122 valence electrons. The second-order valence-electron chi connectivity index (χ2n) is 6.78. The summed E-state index contributed by atoms with van der Waals surface area (Å²) < 4.78 is 0. The average molecular weight is 304 g/mol. The van der Waals surface area contributed by atoms with Crippen LogP contribution in [0.2, 0.25) is 0 Å². The van der Waals surface area contributed by atoms with Crippen molar-refractivity contribution >= 4 is 17.3 Å². The molecule has 0 spiro atoms. The van der Waals surface area contributed by atoms with Crippen molar-refractivity contribution in [1.82, 2.24) is 0 Å². The Morgan fingerprint density at radius 2 is 1.86 bits per heavy atom. The van der Waals surface area contributed by atoms with Crippen LogP contribution in [-0.4, -0.2) is 30.2 Å². The van der Waals surface area contributed by atoms with Crippen LogP contribution in [0.3, 0.4) is 0 Å². The molecule has 1 aromatic rings. The first-order valence-electron chi connectivity index (χ1n) is 8.28. The number of hydrogen-bond acceptors (Lipinski definition) is 3. The molecule has 0 aromatic heterocycles. The summed E-state index contributed by atoms with van der Waals surface area (Å²) in [6.07, 6.45) is 2.04. The van der Waals surface area contributed by atoms with Gasteiger partial charge in [-0.1, -0.05) is 20.8 Å². The predicted octanol–water partition coefficient (Wildman–Crippen LogP) is 3.27. The standard InChI is InChI=1S/C18H28N2O2/c1-13(2)17(21)12-18(22)19-15-4-6-16(7-5-15)20-10-8-14(3)9-11-20/h4-7,13-14,17,21H,8-12H2,1-3H3,(H,19,22). The van der Waals surface area contributed by atoms with E-state index in [2.05, 4.69) is 29.3 Å². The SMILES string of the molecule is CC1CCN(c2ccc(NC(=O)CC(O)C(C)C)cc2)CC1. The molecule has 1 saturated heterocycles. The molecule has 2 N–H and O–H groups in total. The van der Waals surface area contributed by atoms with Crippen molar-refractivity contribution < 1.29 is 9.90 Å². The summed E-state index contributed by atoms with van der Waals surface area (Å²) in [6, 6.07) is 8.00. The topological polar surface area (TPSA) is 52.6 Å². The van der Waals surface area contributed by atoms with Crippen LogP contribution in [0, 0.1) is 11.8 Å². The van der Waals surface area contributed by atoms with Crippen LogP contribution in [-0.2, 0) is 4.79 Å². The molecule has 1 atom stereocenters. The highest BCUT2D eigenvalue weighted by Gasteiger charge is 2.17. The molecular weight excluding hydrogens is 276 g/mol. The number of nitrogens with zero attached hydrogens (tertiary/aromatic N) is 1. The van der Waals surface area contributed by atoms with Gasteiger partial charge < -0.3 is 15.3 Å². The molecule has 4 nitrogen and oxygen atoms in total. The van der Waals surface area contributed by atoms with Gasteiger partial charge in [0, 0.05) is 24.5 Å². The van der Waals surface area contributed by atoms with Crippen LogP contribution in [0.25, 0.3) is 0 Å². The molecular formula is C18H28N2O2. The van der Waals surface area contributed by atoms with Gasteiger partial charge in [-0.3, -0.25) is 4.79 Å². The predicted molar refractivity (Wildman–Crippen MR) is 91.1 cm³/mol. The van der Waals surface area contributed by atoms with Gasteiger partial charge in [-0.2, -0.15) is 0 Å². The van der Waals surface area contributed by atoms with Crippen LogP contribution >= 0.6 is 0 Å². The highest BCUT2D eigenvalue weighted by Crippen LogP contribution is 2.24. The summed E-state index contributed by atoms with van der Waals surface area (Å²) in [7, 11) is 0. The van der Waals surface area contributed by atoms with E-state index in [1.807, 2.05) is 26.0 Å². The van der Waals surface area contributed by atoms with E-state index >= 15 is 0 Å². The number of hydrogen-bond donors (Lipinski definition) is 2. The lowest BCUT2D eigenvalue weighted by atomic mass is 9.99. The number of rotatable bonds is 5. The number of amides is 1. The zero-order valence-corrected chi connectivity index (χ0v) is 13.9. The van der Waals surface area contributed by atoms with E-state index in [-0.39, 0.29) is 18.2 Å². The maximum absolute atomic E-state index is 11.9. The molecule has 0 bridgehead atoms. The van der Waals surface area contributed by atoms with Gasteiger partial charge in [0.2, 0.25) is 5.91 Å². The number of carbonyl (C=O) groups is 1. The fourth-order valence-corrected chi connectivity index (χ4v) is 2.66. The lowest BCUT2D eigenvalue weighted by Crippen LogP contribution is -2.32. The highest BCUT2D eigenvalue weighted by molar-refractivity contribution is 5.91. The molecule has 0 radical (unpaired) electrons. The summed E-state index contributed by atoms with van der Waals surface area (Å²) in [6.45, 7) is 8.33. The minimum Gasteiger partial charge on any atom is -0.392 e. The highest BCUT2D eigenvalue weighted by atomic mass is 16.3.